The zero-order chi connectivity index (χ0) is 8.43. The summed E-state index contributed by atoms with van der Waals surface area (Å²) in [6, 6.07) is -0.00347. The molecule has 1 saturated heterocycles. The molecule has 0 aromatic rings. The number of primary amides is 1. The molecule has 64 valence electrons. The number of hydrogen-bond donors (Lipinski definition) is 3. The first-order chi connectivity index (χ1) is 5.13. The van der Waals surface area contributed by atoms with E-state index in [4.69, 9.17) is 5.73 Å². The number of nitrogens with one attached hydrogen (secondary N) is 1. The van der Waals surface area contributed by atoms with E-state index in [9.17, 15) is 9.90 Å². The minimum Gasteiger partial charge on any atom is -0.392 e. The van der Waals surface area contributed by atoms with Crippen LogP contribution in [0.2, 0.25) is 0 Å². The Kier molecular flexibility index (Phi) is 2.46. The van der Waals surface area contributed by atoms with E-state index in [-0.39, 0.29) is 6.04 Å². The Morgan fingerprint density at radius 3 is 2.73 bits per heavy atom. The van der Waals surface area contributed by atoms with Crippen molar-refractivity contribution < 1.29 is 9.90 Å². The van der Waals surface area contributed by atoms with Gasteiger partial charge in [-0.05, 0) is 19.9 Å². The van der Waals surface area contributed by atoms with E-state index in [1.807, 2.05) is 6.92 Å². The molecule has 4 nitrogen and oxygen atoms in total. The lowest BCUT2D eigenvalue weighted by atomic mass is 9.89. The highest BCUT2D eigenvalue weighted by Crippen LogP contribution is 2.16. The van der Waals surface area contributed by atoms with Crippen molar-refractivity contribution in [2.45, 2.75) is 25.5 Å². The molecule has 4 N–H and O–H groups in total. The Bertz CT molecular complexity index is 151. The summed E-state index contributed by atoms with van der Waals surface area (Å²) >= 11 is 0. The molecule has 1 aliphatic rings. The van der Waals surface area contributed by atoms with Crippen molar-refractivity contribution in [1.82, 2.24) is 5.32 Å². The molecule has 0 saturated carbocycles. The van der Waals surface area contributed by atoms with Gasteiger partial charge >= 0.3 is 0 Å². The quantitative estimate of drug-likeness (QED) is 0.450. The molecule has 3 atom stereocenters. The summed E-state index contributed by atoms with van der Waals surface area (Å²) in [5.74, 6) is -0.846. The number of hydrogen-bond acceptors (Lipinski definition) is 3. The van der Waals surface area contributed by atoms with Crippen LogP contribution in [0.15, 0.2) is 0 Å². The molecule has 4 heteroatoms. The van der Waals surface area contributed by atoms with Gasteiger partial charge in [-0.1, -0.05) is 0 Å². The predicted octanol–water partition coefficient (Wildman–Crippen LogP) is -1.17. The fourth-order valence-electron chi connectivity index (χ4n) is 1.53. The van der Waals surface area contributed by atoms with Crippen molar-refractivity contribution in [3.8, 4) is 0 Å². The maximum atomic E-state index is 10.8. The number of aliphatic hydroxyl groups is 1. The first kappa shape index (κ1) is 8.49. The largest absolute Gasteiger partial charge is 0.392 e. The van der Waals surface area contributed by atoms with Gasteiger partial charge in [0.25, 0.3) is 0 Å². The molecule has 3 unspecified atom stereocenters. The molecule has 0 spiro atoms. The van der Waals surface area contributed by atoms with Gasteiger partial charge in [0, 0.05) is 6.04 Å². The van der Waals surface area contributed by atoms with Gasteiger partial charge in [-0.25, -0.2) is 0 Å². The molecule has 0 aliphatic carbocycles. The minimum atomic E-state index is -0.566. The lowest BCUT2D eigenvalue weighted by molar-refractivity contribution is -0.127. The van der Waals surface area contributed by atoms with Gasteiger partial charge in [-0.3, -0.25) is 4.79 Å². The number of nitrogens with two attached hydrogens (primary N) is 1. The van der Waals surface area contributed by atoms with Crippen molar-refractivity contribution in [3.05, 3.63) is 0 Å². The van der Waals surface area contributed by atoms with E-state index in [0.717, 1.165) is 6.54 Å². The van der Waals surface area contributed by atoms with Crippen molar-refractivity contribution in [2.24, 2.45) is 11.7 Å². The number of carbonyl (C=O) groups excluding carboxylic acids is 1. The number of aliphatic hydroxyl groups excluding tert-OH is 1. The van der Waals surface area contributed by atoms with E-state index >= 15 is 0 Å². The van der Waals surface area contributed by atoms with Crippen LogP contribution in [0.3, 0.4) is 0 Å². The van der Waals surface area contributed by atoms with Crippen molar-refractivity contribution in [2.75, 3.05) is 6.54 Å². The van der Waals surface area contributed by atoms with Gasteiger partial charge in [-0.15, -0.1) is 0 Å². The maximum absolute atomic E-state index is 10.8. The Hall–Kier alpha value is -0.610. The SMILES string of the molecule is CC1NCCC(O)C1C(N)=O. The van der Waals surface area contributed by atoms with Crippen LogP contribution in [0.5, 0.6) is 0 Å². The first-order valence-electron chi connectivity index (χ1n) is 3.83. The number of carbonyl (C=O) groups is 1. The lowest BCUT2D eigenvalue weighted by Gasteiger charge is -2.31. The number of amides is 1. The number of rotatable bonds is 1. The smallest absolute Gasteiger partial charge is 0.224 e. The fraction of sp³-hybridized carbons (Fsp3) is 0.857. The van der Waals surface area contributed by atoms with Crippen LogP contribution in [0.25, 0.3) is 0 Å². The van der Waals surface area contributed by atoms with Gasteiger partial charge in [-0.2, -0.15) is 0 Å². The van der Waals surface area contributed by atoms with Crippen LogP contribution < -0.4 is 11.1 Å². The molecule has 1 heterocycles. The average molecular weight is 158 g/mol. The van der Waals surface area contributed by atoms with E-state index < -0.39 is 17.9 Å². The first-order valence-corrected chi connectivity index (χ1v) is 3.83. The molecule has 0 bridgehead atoms. The van der Waals surface area contributed by atoms with Crippen molar-refractivity contribution >= 4 is 5.91 Å². The lowest BCUT2D eigenvalue weighted by Crippen LogP contribution is -2.52. The van der Waals surface area contributed by atoms with Gasteiger partial charge in [0.05, 0.1) is 12.0 Å². The predicted molar refractivity (Wildman–Crippen MR) is 40.8 cm³/mol. The third-order valence-corrected chi connectivity index (χ3v) is 2.19. The van der Waals surface area contributed by atoms with Gasteiger partial charge in [0.2, 0.25) is 5.91 Å². The van der Waals surface area contributed by atoms with Crippen LogP contribution in [0.4, 0.5) is 0 Å². The van der Waals surface area contributed by atoms with Gasteiger partial charge in [0.15, 0.2) is 0 Å². The zero-order valence-corrected chi connectivity index (χ0v) is 6.58. The highest BCUT2D eigenvalue weighted by Gasteiger charge is 2.33. The summed E-state index contributed by atoms with van der Waals surface area (Å²) in [5.41, 5.74) is 5.11. The molecule has 11 heavy (non-hydrogen) atoms. The second-order valence-corrected chi connectivity index (χ2v) is 3.03. The van der Waals surface area contributed by atoms with E-state index in [1.54, 1.807) is 0 Å². The highest BCUT2D eigenvalue weighted by molar-refractivity contribution is 5.78. The monoisotopic (exact) mass is 158 g/mol. The zero-order valence-electron chi connectivity index (χ0n) is 6.58. The van der Waals surface area contributed by atoms with Crippen LogP contribution in [-0.2, 0) is 4.79 Å². The molecule has 1 aliphatic heterocycles. The molecule has 0 aromatic heterocycles. The Morgan fingerprint density at radius 2 is 2.36 bits per heavy atom. The summed E-state index contributed by atoms with van der Waals surface area (Å²) in [4.78, 5) is 10.8. The molecule has 0 radical (unpaired) electrons. The van der Waals surface area contributed by atoms with Crippen molar-refractivity contribution in [3.63, 3.8) is 0 Å². The fourth-order valence-corrected chi connectivity index (χ4v) is 1.53. The number of piperidine rings is 1. The standard InChI is InChI=1S/C7H14N2O2/c1-4-6(7(8)11)5(10)2-3-9-4/h4-6,9-10H,2-3H2,1H3,(H2,8,11). The van der Waals surface area contributed by atoms with Crippen LogP contribution in [0.1, 0.15) is 13.3 Å². The maximum Gasteiger partial charge on any atom is 0.224 e. The third kappa shape index (κ3) is 1.70. The Balaban J connectivity index is 2.62. The van der Waals surface area contributed by atoms with E-state index in [1.165, 1.54) is 0 Å². The Morgan fingerprint density at radius 1 is 1.73 bits per heavy atom. The molecular formula is C7H14N2O2. The van der Waals surface area contributed by atoms with E-state index in [2.05, 4.69) is 5.32 Å². The second-order valence-electron chi connectivity index (χ2n) is 3.03. The summed E-state index contributed by atoms with van der Waals surface area (Å²) in [7, 11) is 0. The van der Waals surface area contributed by atoms with Crippen LogP contribution in [0, 0.1) is 5.92 Å². The van der Waals surface area contributed by atoms with Crippen molar-refractivity contribution in [1.29, 1.82) is 0 Å². The van der Waals surface area contributed by atoms with Crippen LogP contribution in [-0.4, -0.2) is 29.7 Å². The molecular weight excluding hydrogens is 144 g/mol. The normalized spacial score (nSPS) is 38.5. The third-order valence-electron chi connectivity index (χ3n) is 2.19. The molecule has 0 aromatic carbocycles. The summed E-state index contributed by atoms with van der Waals surface area (Å²) < 4.78 is 0. The highest BCUT2D eigenvalue weighted by atomic mass is 16.3. The molecule has 1 rings (SSSR count). The van der Waals surface area contributed by atoms with Crippen LogP contribution >= 0.6 is 0 Å². The minimum absolute atomic E-state index is 0.00347. The summed E-state index contributed by atoms with van der Waals surface area (Å²) in [6.45, 7) is 2.62. The molecule has 1 fully saturated rings. The van der Waals surface area contributed by atoms with Gasteiger partial charge in [0.1, 0.15) is 0 Å². The van der Waals surface area contributed by atoms with E-state index in [0.29, 0.717) is 6.42 Å². The Labute approximate surface area is 65.8 Å². The average Bonchev–Trinajstić information content (AvgIpc) is 1.85. The van der Waals surface area contributed by atoms with Gasteiger partial charge < -0.3 is 16.2 Å². The second kappa shape index (κ2) is 3.19. The molecule has 1 amide bonds. The topological polar surface area (TPSA) is 75.3 Å². The summed E-state index contributed by atoms with van der Waals surface area (Å²) in [6.07, 6.45) is 0.0431. The summed E-state index contributed by atoms with van der Waals surface area (Å²) in [5, 5.41) is 12.5.